The number of ketones is 2. The van der Waals surface area contributed by atoms with Crippen molar-refractivity contribution in [2.24, 2.45) is 0 Å². The van der Waals surface area contributed by atoms with Crippen LogP contribution in [0.5, 0.6) is 0 Å². The first kappa shape index (κ1) is 9.13. The molecule has 0 fully saturated rings. The highest BCUT2D eigenvalue weighted by Crippen LogP contribution is 2.23. The van der Waals surface area contributed by atoms with Crippen molar-refractivity contribution in [2.45, 2.75) is 26.2 Å². The molecule has 0 saturated heterocycles. The molecule has 0 amide bonds. The third kappa shape index (κ3) is 1.48. The van der Waals surface area contributed by atoms with Crippen LogP contribution in [0.1, 0.15) is 34.8 Å². The minimum atomic E-state index is 0.0937. The van der Waals surface area contributed by atoms with E-state index >= 15 is 0 Å². The predicted octanol–water partition coefficient (Wildman–Crippen LogP) is 1.95. The molecule has 0 bridgehead atoms. The first-order valence-corrected chi connectivity index (χ1v) is 4.82. The molecule has 2 rings (SSSR count). The van der Waals surface area contributed by atoms with Crippen molar-refractivity contribution in [1.29, 1.82) is 0 Å². The summed E-state index contributed by atoms with van der Waals surface area (Å²) in [6.45, 7) is 1.58. The topological polar surface area (TPSA) is 34.1 Å². The van der Waals surface area contributed by atoms with Crippen LogP contribution >= 0.6 is 0 Å². The summed E-state index contributed by atoms with van der Waals surface area (Å²) in [5.74, 6) is 0.370. The lowest BCUT2D eigenvalue weighted by Crippen LogP contribution is -2.16. The average Bonchev–Trinajstić information content (AvgIpc) is 2.16. The van der Waals surface area contributed by atoms with Crippen LogP contribution in [0.4, 0.5) is 0 Å². The van der Waals surface area contributed by atoms with Gasteiger partial charge >= 0.3 is 0 Å². The molecule has 0 aliphatic heterocycles. The molecule has 0 saturated carbocycles. The fourth-order valence-corrected chi connectivity index (χ4v) is 1.99. The minimum Gasteiger partial charge on any atom is -0.299 e. The molecule has 1 aliphatic carbocycles. The third-order valence-electron chi connectivity index (χ3n) is 2.69. The standard InChI is InChI=1S/C12H12O2/c1-8(13)11-4-2-3-9-7-10(14)5-6-12(9)11/h2-4H,5-7H2,1H3. The van der Waals surface area contributed by atoms with Gasteiger partial charge in [-0.3, -0.25) is 9.59 Å². The number of rotatable bonds is 1. The molecule has 2 nitrogen and oxygen atoms in total. The number of fused-ring (bicyclic) bond motifs is 1. The summed E-state index contributed by atoms with van der Waals surface area (Å²) in [6.07, 6.45) is 1.80. The van der Waals surface area contributed by atoms with E-state index in [9.17, 15) is 9.59 Å². The Morgan fingerprint density at radius 2 is 2.07 bits per heavy atom. The van der Waals surface area contributed by atoms with Gasteiger partial charge in [0.15, 0.2) is 5.78 Å². The second-order valence-corrected chi connectivity index (χ2v) is 3.71. The van der Waals surface area contributed by atoms with Crippen LogP contribution in [0, 0.1) is 0 Å². The fraction of sp³-hybridized carbons (Fsp3) is 0.333. The molecule has 1 aromatic rings. The molecule has 2 heteroatoms. The fourth-order valence-electron chi connectivity index (χ4n) is 1.99. The normalized spacial score (nSPS) is 15.1. The number of benzene rings is 1. The van der Waals surface area contributed by atoms with Crippen LogP contribution in [0.3, 0.4) is 0 Å². The monoisotopic (exact) mass is 188 g/mol. The predicted molar refractivity (Wildman–Crippen MR) is 53.5 cm³/mol. The van der Waals surface area contributed by atoms with Crippen LogP contribution in [0.2, 0.25) is 0 Å². The Kier molecular flexibility index (Phi) is 2.20. The van der Waals surface area contributed by atoms with E-state index in [0.717, 1.165) is 23.1 Å². The van der Waals surface area contributed by atoms with Gasteiger partial charge in [-0.2, -0.15) is 0 Å². The SMILES string of the molecule is CC(=O)c1cccc2c1CCC(=O)C2. The van der Waals surface area contributed by atoms with Crippen LogP contribution < -0.4 is 0 Å². The maximum atomic E-state index is 11.3. The van der Waals surface area contributed by atoms with Gasteiger partial charge < -0.3 is 0 Å². The molecule has 14 heavy (non-hydrogen) atoms. The van der Waals surface area contributed by atoms with E-state index in [2.05, 4.69) is 0 Å². The zero-order valence-electron chi connectivity index (χ0n) is 8.17. The van der Waals surface area contributed by atoms with Crippen LogP contribution in [-0.4, -0.2) is 11.6 Å². The second kappa shape index (κ2) is 3.37. The summed E-state index contributed by atoms with van der Waals surface area (Å²) in [5.41, 5.74) is 2.91. The van der Waals surface area contributed by atoms with Gasteiger partial charge in [-0.15, -0.1) is 0 Å². The van der Waals surface area contributed by atoms with E-state index in [1.54, 1.807) is 6.92 Å². The van der Waals surface area contributed by atoms with E-state index < -0.39 is 0 Å². The number of carbonyl (C=O) groups excluding carboxylic acids is 2. The molecule has 0 heterocycles. The first-order chi connectivity index (χ1) is 6.68. The molecule has 0 unspecified atom stereocenters. The Labute approximate surface area is 82.9 Å². The number of carbonyl (C=O) groups is 2. The Morgan fingerprint density at radius 3 is 2.79 bits per heavy atom. The zero-order valence-corrected chi connectivity index (χ0v) is 8.17. The van der Waals surface area contributed by atoms with Gasteiger partial charge in [0.1, 0.15) is 5.78 Å². The quantitative estimate of drug-likeness (QED) is 0.631. The van der Waals surface area contributed by atoms with E-state index in [-0.39, 0.29) is 11.6 Å². The highest BCUT2D eigenvalue weighted by atomic mass is 16.1. The van der Waals surface area contributed by atoms with E-state index in [1.165, 1.54) is 0 Å². The van der Waals surface area contributed by atoms with Crippen molar-refractivity contribution in [1.82, 2.24) is 0 Å². The van der Waals surface area contributed by atoms with Gasteiger partial charge in [0.25, 0.3) is 0 Å². The van der Waals surface area contributed by atoms with Crippen molar-refractivity contribution >= 4 is 11.6 Å². The lowest BCUT2D eigenvalue weighted by molar-refractivity contribution is -0.118. The summed E-state index contributed by atoms with van der Waals surface area (Å²) in [6, 6.07) is 5.64. The van der Waals surface area contributed by atoms with Crippen LogP contribution in [0.15, 0.2) is 18.2 Å². The Balaban J connectivity index is 2.52. The molecule has 0 N–H and O–H groups in total. The summed E-state index contributed by atoms with van der Waals surface area (Å²) in [7, 11) is 0. The summed E-state index contributed by atoms with van der Waals surface area (Å²) >= 11 is 0. The van der Waals surface area contributed by atoms with Crippen molar-refractivity contribution < 1.29 is 9.59 Å². The number of hydrogen-bond acceptors (Lipinski definition) is 2. The maximum Gasteiger partial charge on any atom is 0.160 e. The third-order valence-corrected chi connectivity index (χ3v) is 2.69. The molecule has 0 aromatic heterocycles. The Morgan fingerprint density at radius 1 is 1.29 bits per heavy atom. The Hall–Kier alpha value is -1.44. The number of Topliss-reactive ketones (excluding diaryl/α,β-unsaturated/α-hetero) is 2. The summed E-state index contributed by atoms with van der Waals surface area (Å²) in [5, 5.41) is 0. The van der Waals surface area contributed by atoms with Crippen molar-refractivity contribution in [3.8, 4) is 0 Å². The first-order valence-electron chi connectivity index (χ1n) is 4.82. The second-order valence-electron chi connectivity index (χ2n) is 3.71. The van der Waals surface area contributed by atoms with Crippen molar-refractivity contribution in [3.63, 3.8) is 0 Å². The smallest absolute Gasteiger partial charge is 0.160 e. The van der Waals surface area contributed by atoms with Gasteiger partial charge in [-0.05, 0) is 24.5 Å². The zero-order chi connectivity index (χ0) is 10.1. The van der Waals surface area contributed by atoms with Gasteiger partial charge in [-0.25, -0.2) is 0 Å². The van der Waals surface area contributed by atoms with Gasteiger partial charge in [0.2, 0.25) is 0 Å². The average molecular weight is 188 g/mol. The van der Waals surface area contributed by atoms with Gasteiger partial charge in [0.05, 0.1) is 0 Å². The largest absolute Gasteiger partial charge is 0.299 e. The molecular formula is C12H12O2. The molecule has 0 radical (unpaired) electrons. The van der Waals surface area contributed by atoms with E-state index in [1.807, 2.05) is 18.2 Å². The molecule has 1 aromatic carbocycles. The highest BCUT2D eigenvalue weighted by Gasteiger charge is 2.19. The van der Waals surface area contributed by atoms with E-state index in [4.69, 9.17) is 0 Å². The number of hydrogen-bond donors (Lipinski definition) is 0. The molecule has 72 valence electrons. The molecular weight excluding hydrogens is 176 g/mol. The van der Waals surface area contributed by atoms with Gasteiger partial charge in [0, 0.05) is 18.4 Å². The Bertz CT molecular complexity index is 405. The minimum absolute atomic E-state index is 0.0937. The molecule has 1 aliphatic rings. The van der Waals surface area contributed by atoms with E-state index in [0.29, 0.717) is 12.8 Å². The molecule has 0 atom stereocenters. The van der Waals surface area contributed by atoms with Crippen LogP contribution in [-0.2, 0) is 17.6 Å². The highest BCUT2D eigenvalue weighted by molar-refractivity contribution is 5.97. The lowest BCUT2D eigenvalue weighted by atomic mass is 9.86. The molecule has 0 spiro atoms. The maximum absolute atomic E-state index is 11.3. The lowest BCUT2D eigenvalue weighted by Gasteiger charge is -2.17. The van der Waals surface area contributed by atoms with Gasteiger partial charge in [-0.1, -0.05) is 18.2 Å². The van der Waals surface area contributed by atoms with Crippen LogP contribution in [0.25, 0.3) is 0 Å². The van der Waals surface area contributed by atoms with Crippen molar-refractivity contribution in [3.05, 3.63) is 34.9 Å². The summed E-state index contributed by atoms with van der Waals surface area (Å²) < 4.78 is 0. The van der Waals surface area contributed by atoms with Crippen molar-refractivity contribution in [2.75, 3.05) is 0 Å². The summed E-state index contributed by atoms with van der Waals surface area (Å²) in [4.78, 5) is 22.5.